The fourth-order valence-electron chi connectivity index (χ4n) is 9.40. The quantitative estimate of drug-likeness (QED) is 0.157. The smallest absolute Gasteiger partial charge is 0.0541 e. The van der Waals surface area contributed by atoms with Gasteiger partial charge < -0.3 is 9.47 Å². The zero-order chi connectivity index (χ0) is 39.5. The summed E-state index contributed by atoms with van der Waals surface area (Å²) in [4.78, 5) is 2.40. The Hall–Kier alpha value is -7.42. The van der Waals surface area contributed by atoms with Gasteiger partial charge in [0.25, 0.3) is 0 Å². The van der Waals surface area contributed by atoms with Crippen LogP contribution in [0.3, 0.4) is 0 Å². The predicted molar refractivity (Wildman–Crippen MR) is 249 cm³/mol. The van der Waals surface area contributed by atoms with Gasteiger partial charge in [0.1, 0.15) is 0 Å². The van der Waals surface area contributed by atoms with Gasteiger partial charge in [-0.3, -0.25) is 0 Å². The Morgan fingerprint density at radius 1 is 0.339 bits per heavy atom. The summed E-state index contributed by atoms with van der Waals surface area (Å²) in [7, 11) is 0. The lowest BCUT2D eigenvalue weighted by atomic mass is 9.82. The lowest BCUT2D eigenvalue weighted by Gasteiger charge is -2.28. The molecule has 2 nitrogen and oxygen atoms in total. The highest BCUT2D eigenvalue weighted by atomic mass is 15.1. The molecule has 0 spiro atoms. The molecule has 0 N–H and O–H groups in total. The van der Waals surface area contributed by atoms with Crippen molar-refractivity contribution in [3.8, 4) is 50.2 Å². The van der Waals surface area contributed by atoms with Crippen LogP contribution in [-0.4, -0.2) is 4.57 Å². The molecule has 0 aliphatic heterocycles. The second-order valence-electron chi connectivity index (χ2n) is 16.2. The van der Waals surface area contributed by atoms with E-state index in [0.29, 0.717) is 0 Å². The molecule has 59 heavy (non-hydrogen) atoms. The minimum Gasteiger partial charge on any atom is -0.310 e. The van der Waals surface area contributed by atoms with Crippen molar-refractivity contribution < 1.29 is 0 Å². The van der Waals surface area contributed by atoms with Crippen molar-refractivity contribution in [1.82, 2.24) is 4.57 Å². The van der Waals surface area contributed by atoms with E-state index in [1.165, 1.54) is 77.4 Å². The van der Waals surface area contributed by atoms with Crippen LogP contribution in [0.2, 0.25) is 0 Å². The summed E-state index contributed by atoms with van der Waals surface area (Å²) in [5, 5.41) is 2.55. The molecule has 0 saturated carbocycles. The van der Waals surface area contributed by atoms with E-state index in [0.717, 1.165) is 22.7 Å². The van der Waals surface area contributed by atoms with E-state index in [4.69, 9.17) is 0 Å². The predicted octanol–water partition coefficient (Wildman–Crippen LogP) is 15.6. The molecule has 1 heterocycles. The lowest BCUT2D eigenvalue weighted by Crippen LogP contribution is -2.16. The minimum absolute atomic E-state index is 0.0923. The number of anilines is 3. The van der Waals surface area contributed by atoms with Gasteiger partial charge in [-0.25, -0.2) is 0 Å². The zero-order valence-electron chi connectivity index (χ0n) is 33.2. The summed E-state index contributed by atoms with van der Waals surface area (Å²) < 4.78 is 2.37. The van der Waals surface area contributed by atoms with Crippen LogP contribution in [0.4, 0.5) is 17.1 Å². The second kappa shape index (κ2) is 13.9. The molecule has 1 aromatic heterocycles. The Bertz CT molecular complexity index is 3100. The topological polar surface area (TPSA) is 8.17 Å². The number of para-hydroxylation sites is 2. The van der Waals surface area contributed by atoms with E-state index < -0.39 is 0 Å². The molecule has 0 radical (unpaired) electrons. The van der Waals surface area contributed by atoms with E-state index in [-0.39, 0.29) is 5.41 Å². The standard InChI is InChI=1S/C57H42N2/c1-57(2)53-20-9-6-17-49(53)50-36-35-48(38-54(50)57)58(45-29-23-40(24-30-45)39-13-4-3-5-14-39)46-31-25-41(26-32-46)43-15-12-16-44(37-43)42-27-33-47(34-28-42)59-55-21-10-7-18-51(55)52-19-8-11-22-56(52)59/h3-38H,1-2H3. The SMILES string of the molecule is CC1(C)c2ccccc2-c2ccc(N(c3ccc(-c4ccccc4)cc3)c3ccc(-c4cccc(-c5ccc(-n6c7ccccc7c7ccccc76)cc5)c4)cc3)cc21. The van der Waals surface area contributed by atoms with Crippen molar-refractivity contribution in [2.45, 2.75) is 19.3 Å². The van der Waals surface area contributed by atoms with Gasteiger partial charge in [-0.2, -0.15) is 0 Å². The maximum atomic E-state index is 2.41. The molecule has 0 bridgehead atoms. The van der Waals surface area contributed by atoms with Crippen LogP contribution in [0.15, 0.2) is 218 Å². The van der Waals surface area contributed by atoms with Gasteiger partial charge in [-0.1, -0.05) is 166 Å². The van der Waals surface area contributed by atoms with E-state index >= 15 is 0 Å². The van der Waals surface area contributed by atoms with E-state index in [1.54, 1.807) is 0 Å². The number of fused-ring (bicyclic) bond motifs is 6. The summed E-state index contributed by atoms with van der Waals surface area (Å²) in [6.45, 7) is 4.70. The Kier molecular flexibility index (Phi) is 8.20. The third kappa shape index (κ3) is 5.87. The highest BCUT2D eigenvalue weighted by Crippen LogP contribution is 2.50. The summed E-state index contributed by atoms with van der Waals surface area (Å²) in [6, 6.07) is 79.7. The van der Waals surface area contributed by atoms with E-state index in [9.17, 15) is 0 Å². The van der Waals surface area contributed by atoms with Crippen LogP contribution in [0.1, 0.15) is 25.0 Å². The van der Waals surface area contributed by atoms with E-state index in [2.05, 4.69) is 242 Å². The van der Waals surface area contributed by atoms with Gasteiger partial charge in [-0.05, 0) is 122 Å². The van der Waals surface area contributed by atoms with Crippen LogP contribution in [0.5, 0.6) is 0 Å². The summed E-state index contributed by atoms with van der Waals surface area (Å²) >= 11 is 0. The molecular formula is C57H42N2. The van der Waals surface area contributed by atoms with Gasteiger partial charge in [0.05, 0.1) is 11.0 Å². The third-order valence-corrected chi connectivity index (χ3v) is 12.4. The Labute approximate surface area is 345 Å². The maximum absolute atomic E-state index is 2.41. The van der Waals surface area contributed by atoms with Crippen LogP contribution < -0.4 is 4.90 Å². The van der Waals surface area contributed by atoms with Crippen molar-refractivity contribution in [1.29, 1.82) is 0 Å². The monoisotopic (exact) mass is 754 g/mol. The van der Waals surface area contributed by atoms with Crippen LogP contribution in [-0.2, 0) is 5.41 Å². The van der Waals surface area contributed by atoms with Crippen LogP contribution >= 0.6 is 0 Å². The summed E-state index contributed by atoms with van der Waals surface area (Å²) in [5.74, 6) is 0. The molecule has 1 aliphatic rings. The largest absolute Gasteiger partial charge is 0.310 e. The maximum Gasteiger partial charge on any atom is 0.0541 e. The van der Waals surface area contributed by atoms with Crippen molar-refractivity contribution in [2.75, 3.05) is 4.90 Å². The molecule has 10 aromatic rings. The summed E-state index contributed by atoms with van der Waals surface area (Å²) in [5.41, 5.74) is 19.5. The van der Waals surface area contributed by atoms with E-state index in [1.807, 2.05) is 0 Å². The van der Waals surface area contributed by atoms with Gasteiger partial charge in [-0.15, -0.1) is 0 Å². The first-order valence-electron chi connectivity index (χ1n) is 20.5. The molecule has 0 fully saturated rings. The average Bonchev–Trinajstić information content (AvgIpc) is 3.75. The van der Waals surface area contributed by atoms with Gasteiger partial charge in [0, 0.05) is 38.9 Å². The molecule has 1 aliphatic carbocycles. The highest BCUT2D eigenvalue weighted by molar-refractivity contribution is 6.09. The molecule has 2 heteroatoms. The molecule has 0 atom stereocenters. The Morgan fingerprint density at radius 2 is 0.797 bits per heavy atom. The highest BCUT2D eigenvalue weighted by Gasteiger charge is 2.35. The number of rotatable bonds is 7. The molecule has 0 amide bonds. The first-order valence-corrected chi connectivity index (χ1v) is 20.5. The average molecular weight is 755 g/mol. The van der Waals surface area contributed by atoms with Crippen LogP contribution in [0.25, 0.3) is 72.0 Å². The third-order valence-electron chi connectivity index (χ3n) is 12.4. The Morgan fingerprint density at radius 3 is 1.42 bits per heavy atom. The number of aromatic nitrogens is 1. The molecular weight excluding hydrogens is 713 g/mol. The molecule has 0 unspecified atom stereocenters. The minimum atomic E-state index is -0.0923. The van der Waals surface area contributed by atoms with Gasteiger partial charge in [0.15, 0.2) is 0 Å². The van der Waals surface area contributed by atoms with Crippen molar-refractivity contribution in [3.63, 3.8) is 0 Å². The second-order valence-corrected chi connectivity index (χ2v) is 16.2. The zero-order valence-corrected chi connectivity index (χ0v) is 33.2. The Balaban J connectivity index is 0.933. The van der Waals surface area contributed by atoms with Crippen molar-refractivity contribution in [3.05, 3.63) is 230 Å². The van der Waals surface area contributed by atoms with Crippen molar-refractivity contribution in [2.24, 2.45) is 0 Å². The molecule has 280 valence electrons. The normalized spacial score (nSPS) is 12.7. The van der Waals surface area contributed by atoms with Gasteiger partial charge in [0.2, 0.25) is 0 Å². The van der Waals surface area contributed by atoms with Crippen LogP contribution in [0, 0.1) is 0 Å². The fraction of sp³-hybridized carbons (Fsp3) is 0.0526. The molecule has 0 saturated heterocycles. The first kappa shape index (κ1) is 34.8. The number of hydrogen-bond acceptors (Lipinski definition) is 1. The fourth-order valence-corrected chi connectivity index (χ4v) is 9.40. The lowest BCUT2D eigenvalue weighted by molar-refractivity contribution is 0.660. The number of nitrogens with zero attached hydrogens (tertiary/aromatic N) is 2. The molecule has 11 rings (SSSR count). The molecule has 9 aromatic carbocycles. The van der Waals surface area contributed by atoms with Crippen molar-refractivity contribution >= 4 is 38.9 Å². The number of hydrogen-bond donors (Lipinski definition) is 0. The first-order chi connectivity index (χ1) is 29.0. The summed E-state index contributed by atoms with van der Waals surface area (Å²) in [6.07, 6.45) is 0. The number of benzene rings is 9. The van der Waals surface area contributed by atoms with Gasteiger partial charge >= 0.3 is 0 Å².